The number of nitrogens with zero attached hydrogens (tertiary/aromatic N) is 4. The molecule has 4 N–H and O–H groups in total. The van der Waals surface area contributed by atoms with Gasteiger partial charge < -0.3 is 19.7 Å². The Morgan fingerprint density at radius 2 is 2.00 bits per heavy atom. The van der Waals surface area contributed by atoms with Crippen molar-refractivity contribution in [1.29, 1.82) is 0 Å². The van der Waals surface area contributed by atoms with Gasteiger partial charge in [-0.15, -0.1) is 10.2 Å². The largest absolute Gasteiger partial charge is 0.505 e. The van der Waals surface area contributed by atoms with Crippen LogP contribution in [0.2, 0.25) is 0 Å². The zero-order chi connectivity index (χ0) is 22.4. The fraction of sp³-hybridized carbons (Fsp3) is 0.250. The number of hydrogen-bond donors (Lipinski definition) is 4. The normalized spacial score (nSPS) is 11.0. The number of anilines is 1. The molecule has 11 heteroatoms. The van der Waals surface area contributed by atoms with Gasteiger partial charge in [0.2, 0.25) is 5.95 Å². The van der Waals surface area contributed by atoms with Crippen molar-refractivity contribution in [2.45, 2.75) is 20.0 Å². The number of aromatic amines is 1. The molecule has 31 heavy (non-hydrogen) atoms. The second-order valence-corrected chi connectivity index (χ2v) is 6.47. The second kappa shape index (κ2) is 9.67. The summed E-state index contributed by atoms with van der Waals surface area (Å²) in [4.78, 5) is 18.9. The maximum Gasteiger partial charge on any atom is 0.274 e. The van der Waals surface area contributed by atoms with Crippen LogP contribution in [0.4, 0.5) is 5.95 Å². The third-order valence-electron chi connectivity index (χ3n) is 4.48. The number of aromatic hydroxyl groups is 1. The molecule has 0 spiro atoms. The molecule has 0 aliphatic carbocycles. The van der Waals surface area contributed by atoms with Gasteiger partial charge >= 0.3 is 0 Å². The molecule has 3 aromatic rings. The number of hydrazone groups is 1. The Kier molecular flexibility index (Phi) is 6.78. The van der Waals surface area contributed by atoms with Crippen molar-refractivity contribution < 1.29 is 19.7 Å². The van der Waals surface area contributed by atoms with Gasteiger partial charge in [0.05, 0.1) is 32.7 Å². The van der Waals surface area contributed by atoms with E-state index in [4.69, 9.17) is 9.47 Å². The molecule has 2 aromatic heterocycles. The topological polar surface area (TPSA) is 155 Å². The Bertz CT molecular complexity index is 1160. The summed E-state index contributed by atoms with van der Waals surface area (Å²) in [5.41, 5.74) is 4.24. The van der Waals surface area contributed by atoms with Gasteiger partial charge in [0, 0.05) is 23.7 Å². The first-order valence-electron chi connectivity index (χ1n) is 9.21. The highest BCUT2D eigenvalue weighted by molar-refractivity contribution is 5.86. The number of aliphatic hydroxyl groups excluding tert-OH is 1. The minimum Gasteiger partial charge on any atom is -0.505 e. The van der Waals surface area contributed by atoms with E-state index in [2.05, 4.69) is 30.7 Å². The average Bonchev–Trinajstić information content (AvgIpc) is 2.78. The van der Waals surface area contributed by atoms with Crippen molar-refractivity contribution in [3.8, 4) is 17.2 Å². The van der Waals surface area contributed by atoms with E-state index in [1.807, 2.05) is 0 Å². The summed E-state index contributed by atoms with van der Waals surface area (Å²) < 4.78 is 10.5. The first-order chi connectivity index (χ1) is 15.0. The Balaban J connectivity index is 1.74. The quantitative estimate of drug-likeness (QED) is 0.306. The van der Waals surface area contributed by atoms with Crippen molar-refractivity contribution in [3.05, 3.63) is 62.8 Å². The highest BCUT2D eigenvalue weighted by atomic mass is 16.5. The molecule has 0 saturated heterocycles. The molecule has 0 bridgehead atoms. The van der Waals surface area contributed by atoms with Crippen LogP contribution >= 0.6 is 0 Å². The van der Waals surface area contributed by atoms with E-state index in [0.717, 1.165) is 5.56 Å². The number of aliphatic hydroxyl groups is 1. The molecule has 0 amide bonds. The molecule has 1 aromatic carbocycles. The number of nitrogens with one attached hydrogen (secondary N) is 2. The SMILES string of the molecule is COc1ccc(Cc2nnc(N/N=C\c3c(CO)cnc(C)c3O)[nH]c2=O)cc1OC. The molecule has 0 fully saturated rings. The lowest BCUT2D eigenvalue weighted by molar-refractivity contribution is 0.280. The molecule has 0 aliphatic heterocycles. The molecular formula is C20H22N6O5. The van der Waals surface area contributed by atoms with Crippen LogP contribution in [-0.2, 0) is 13.0 Å². The Morgan fingerprint density at radius 1 is 1.23 bits per heavy atom. The van der Waals surface area contributed by atoms with Crippen LogP contribution < -0.4 is 20.5 Å². The van der Waals surface area contributed by atoms with Crippen molar-refractivity contribution in [2.24, 2.45) is 5.10 Å². The average molecular weight is 426 g/mol. The zero-order valence-corrected chi connectivity index (χ0v) is 17.2. The number of methoxy groups -OCH3 is 2. The van der Waals surface area contributed by atoms with Gasteiger partial charge in [0.25, 0.3) is 5.56 Å². The number of aromatic nitrogens is 4. The fourth-order valence-electron chi connectivity index (χ4n) is 2.79. The third kappa shape index (κ3) is 4.95. The first kappa shape index (κ1) is 21.7. The molecule has 0 atom stereocenters. The predicted molar refractivity (Wildman–Crippen MR) is 113 cm³/mol. The summed E-state index contributed by atoms with van der Waals surface area (Å²) in [6.45, 7) is 1.31. The summed E-state index contributed by atoms with van der Waals surface area (Å²) >= 11 is 0. The Morgan fingerprint density at radius 3 is 2.68 bits per heavy atom. The maximum absolute atomic E-state index is 12.4. The molecule has 0 aliphatic rings. The van der Waals surface area contributed by atoms with Crippen LogP contribution in [0, 0.1) is 6.92 Å². The minimum atomic E-state index is -0.430. The number of H-pyrrole nitrogens is 1. The van der Waals surface area contributed by atoms with Crippen molar-refractivity contribution >= 4 is 12.2 Å². The Hall–Kier alpha value is -3.99. The number of aryl methyl sites for hydroxylation is 1. The van der Waals surface area contributed by atoms with E-state index in [9.17, 15) is 15.0 Å². The van der Waals surface area contributed by atoms with Crippen LogP contribution in [0.5, 0.6) is 17.2 Å². The number of hydrogen-bond acceptors (Lipinski definition) is 10. The molecule has 3 rings (SSSR count). The molecule has 162 valence electrons. The van der Waals surface area contributed by atoms with E-state index < -0.39 is 5.56 Å². The van der Waals surface area contributed by atoms with Gasteiger partial charge in [0.15, 0.2) is 11.5 Å². The lowest BCUT2D eigenvalue weighted by atomic mass is 10.1. The smallest absolute Gasteiger partial charge is 0.274 e. The van der Waals surface area contributed by atoms with Crippen LogP contribution in [0.15, 0.2) is 34.3 Å². The maximum atomic E-state index is 12.4. The summed E-state index contributed by atoms with van der Waals surface area (Å²) in [6.07, 6.45) is 2.99. The number of rotatable bonds is 8. The Labute approximate surface area is 177 Å². The van der Waals surface area contributed by atoms with Gasteiger partial charge in [-0.2, -0.15) is 5.10 Å². The van der Waals surface area contributed by atoms with Crippen molar-refractivity contribution in [1.82, 2.24) is 20.2 Å². The third-order valence-corrected chi connectivity index (χ3v) is 4.48. The van der Waals surface area contributed by atoms with E-state index in [1.54, 1.807) is 32.2 Å². The molecular weight excluding hydrogens is 404 g/mol. The molecule has 2 heterocycles. The van der Waals surface area contributed by atoms with Gasteiger partial charge in [0.1, 0.15) is 11.4 Å². The first-order valence-corrected chi connectivity index (χ1v) is 9.21. The van der Waals surface area contributed by atoms with Crippen LogP contribution in [-0.4, -0.2) is 50.8 Å². The lowest BCUT2D eigenvalue weighted by Crippen LogP contribution is -2.18. The van der Waals surface area contributed by atoms with Crippen LogP contribution in [0.3, 0.4) is 0 Å². The summed E-state index contributed by atoms with van der Waals surface area (Å²) in [7, 11) is 3.08. The van der Waals surface area contributed by atoms with E-state index in [1.165, 1.54) is 19.5 Å². The molecule has 0 saturated carbocycles. The van der Waals surface area contributed by atoms with Crippen LogP contribution in [0.1, 0.15) is 28.1 Å². The van der Waals surface area contributed by atoms with Gasteiger partial charge in [-0.1, -0.05) is 6.07 Å². The van der Waals surface area contributed by atoms with E-state index >= 15 is 0 Å². The highest BCUT2D eigenvalue weighted by Gasteiger charge is 2.11. The van der Waals surface area contributed by atoms with Gasteiger partial charge in [-0.3, -0.25) is 14.8 Å². The van der Waals surface area contributed by atoms with Crippen molar-refractivity contribution in [3.63, 3.8) is 0 Å². The minimum absolute atomic E-state index is 0.0214. The lowest BCUT2D eigenvalue weighted by Gasteiger charge is -2.09. The standard InChI is InChI=1S/C20H22N6O5/c1-11-18(28)14(13(10-27)8-21-11)9-22-25-20-23-19(29)15(24-26-20)6-12-4-5-16(30-2)17(7-12)31-3/h4-5,7-9,27-28H,6,10H2,1-3H3,(H2,23,25,26,29)/b22-9-. The summed E-state index contributed by atoms with van der Waals surface area (Å²) in [5.74, 6) is 1.06. The fourth-order valence-corrected chi connectivity index (χ4v) is 2.79. The zero-order valence-electron chi connectivity index (χ0n) is 17.2. The van der Waals surface area contributed by atoms with E-state index in [-0.39, 0.29) is 30.4 Å². The molecule has 0 radical (unpaired) electrons. The number of ether oxygens (including phenoxy) is 2. The monoisotopic (exact) mass is 426 g/mol. The van der Waals surface area contributed by atoms with Crippen LogP contribution in [0.25, 0.3) is 0 Å². The van der Waals surface area contributed by atoms with Crippen molar-refractivity contribution in [2.75, 3.05) is 19.6 Å². The molecule has 11 nitrogen and oxygen atoms in total. The predicted octanol–water partition coefficient (Wildman–Crippen LogP) is 1.12. The summed E-state index contributed by atoms with van der Waals surface area (Å²) in [6, 6.07) is 5.32. The van der Waals surface area contributed by atoms with Gasteiger partial charge in [-0.25, -0.2) is 5.43 Å². The number of benzene rings is 1. The highest BCUT2D eigenvalue weighted by Crippen LogP contribution is 2.28. The number of pyridine rings is 1. The second-order valence-electron chi connectivity index (χ2n) is 6.47. The molecule has 0 unspecified atom stereocenters. The van der Waals surface area contributed by atoms with E-state index in [0.29, 0.717) is 28.3 Å². The summed E-state index contributed by atoms with van der Waals surface area (Å²) in [5, 5.41) is 31.3. The van der Waals surface area contributed by atoms with Gasteiger partial charge in [-0.05, 0) is 24.6 Å².